The molecular formula is C11H15N3O3S. The number of nitro groups is 1. The summed E-state index contributed by atoms with van der Waals surface area (Å²) in [5.41, 5.74) is 0.557. The Morgan fingerprint density at radius 3 is 2.67 bits per heavy atom. The zero-order valence-electron chi connectivity index (χ0n) is 10.4. The van der Waals surface area contributed by atoms with Crippen LogP contribution in [0, 0.1) is 10.1 Å². The highest BCUT2D eigenvalue weighted by Crippen LogP contribution is 2.28. The van der Waals surface area contributed by atoms with Crippen molar-refractivity contribution in [1.29, 1.82) is 0 Å². The molecule has 0 aliphatic rings. The molecule has 2 N–H and O–H groups in total. The van der Waals surface area contributed by atoms with E-state index in [1.54, 1.807) is 6.07 Å². The summed E-state index contributed by atoms with van der Waals surface area (Å²) in [6.45, 7) is 3.92. The molecule has 0 amide bonds. The van der Waals surface area contributed by atoms with Crippen LogP contribution in [0.25, 0.3) is 0 Å². The van der Waals surface area contributed by atoms with Crippen molar-refractivity contribution in [2.45, 2.75) is 19.9 Å². The number of hydrogen-bond donors (Lipinski definition) is 2. The van der Waals surface area contributed by atoms with Gasteiger partial charge in [0.15, 0.2) is 5.11 Å². The molecule has 0 fully saturated rings. The minimum atomic E-state index is -0.475. The molecule has 0 spiro atoms. The van der Waals surface area contributed by atoms with Gasteiger partial charge in [0.1, 0.15) is 5.75 Å². The molecule has 18 heavy (non-hydrogen) atoms. The first-order valence-electron chi connectivity index (χ1n) is 5.34. The number of rotatable bonds is 4. The SMILES string of the molecule is COc1cc([N+](=O)[O-])ccc1NC(=S)NC(C)C. The minimum absolute atomic E-state index is 0.0277. The molecular weight excluding hydrogens is 254 g/mol. The van der Waals surface area contributed by atoms with E-state index in [-0.39, 0.29) is 11.7 Å². The van der Waals surface area contributed by atoms with Crippen molar-refractivity contribution < 1.29 is 9.66 Å². The first kappa shape index (κ1) is 14.2. The third-order valence-corrected chi connectivity index (χ3v) is 2.28. The molecule has 0 radical (unpaired) electrons. The van der Waals surface area contributed by atoms with Gasteiger partial charge in [-0.2, -0.15) is 0 Å². The smallest absolute Gasteiger partial charge is 0.273 e. The van der Waals surface area contributed by atoms with E-state index in [4.69, 9.17) is 17.0 Å². The Bertz CT molecular complexity index is 463. The minimum Gasteiger partial charge on any atom is -0.494 e. The van der Waals surface area contributed by atoms with Crippen LogP contribution in [0.4, 0.5) is 11.4 Å². The van der Waals surface area contributed by atoms with Crippen LogP contribution < -0.4 is 15.4 Å². The Hall–Kier alpha value is -1.89. The number of anilines is 1. The average Bonchev–Trinajstić information content (AvgIpc) is 2.27. The molecule has 0 heterocycles. The predicted molar refractivity (Wildman–Crippen MR) is 74.1 cm³/mol. The van der Waals surface area contributed by atoms with Crippen molar-refractivity contribution in [2.24, 2.45) is 0 Å². The highest BCUT2D eigenvalue weighted by molar-refractivity contribution is 7.80. The Kier molecular flexibility index (Phi) is 4.85. The topological polar surface area (TPSA) is 76.4 Å². The summed E-state index contributed by atoms with van der Waals surface area (Å²) in [5, 5.41) is 17.0. The van der Waals surface area contributed by atoms with Gasteiger partial charge in [0.25, 0.3) is 5.69 Å². The third kappa shape index (κ3) is 3.85. The molecule has 0 unspecified atom stereocenters. The summed E-state index contributed by atoms with van der Waals surface area (Å²) >= 11 is 5.09. The number of benzene rings is 1. The normalized spacial score (nSPS) is 10.0. The van der Waals surface area contributed by atoms with Crippen molar-refractivity contribution in [1.82, 2.24) is 5.32 Å². The van der Waals surface area contributed by atoms with Gasteiger partial charge < -0.3 is 15.4 Å². The molecule has 1 aromatic rings. The number of hydrogen-bond acceptors (Lipinski definition) is 4. The number of thiocarbonyl (C=S) groups is 1. The predicted octanol–water partition coefficient (Wildman–Crippen LogP) is 2.30. The molecule has 0 saturated heterocycles. The van der Waals surface area contributed by atoms with Gasteiger partial charge in [0.05, 0.1) is 23.8 Å². The molecule has 1 rings (SSSR count). The van der Waals surface area contributed by atoms with Gasteiger partial charge in [0.2, 0.25) is 0 Å². The van der Waals surface area contributed by atoms with Crippen molar-refractivity contribution in [3.8, 4) is 5.75 Å². The number of ether oxygens (including phenoxy) is 1. The summed E-state index contributed by atoms with van der Waals surface area (Å²) in [7, 11) is 1.45. The lowest BCUT2D eigenvalue weighted by Gasteiger charge is -2.15. The maximum Gasteiger partial charge on any atom is 0.273 e. The van der Waals surface area contributed by atoms with Gasteiger partial charge in [-0.1, -0.05) is 0 Å². The van der Waals surface area contributed by atoms with E-state index in [0.29, 0.717) is 16.5 Å². The summed E-state index contributed by atoms with van der Waals surface area (Å²) in [5.74, 6) is 0.372. The Morgan fingerprint density at radius 2 is 2.17 bits per heavy atom. The molecule has 0 atom stereocenters. The molecule has 1 aromatic carbocycles. The summed E-state index contributed by atoms with van der Waals surface area (Å²) < 4.78 is 5.09. The second kappa shape index (κ2) is 6.15. The fourth-order valence-corrected chi connectivity index (χ4v) is 1.66. The van der Waals surface area contributed by atoms with Gasteiger partial charge in [-0.15, -0.1) is 0 Å². The highest BCUT2D eigenvalue weighted by Gasteiger charge is 2.12. The van der Waals surface area contributed by atoms with Crippen LogP contribution in [0.5, 0.6) is 5.75 Å². The van der Waals surface area contributed by atoms with Crippen LogP contribution in [0.2, 0.25) is 0 Å². The second-order valence-electron chi connectivity index (χ2n) is 3.89. The fourth-order valence-electron chi connectivity index (χ4n) is 1.32. The van der Waals surface area contributed by atoms with Gasteiger partial charge in [-0.25, -0.2) is 0 Å². The zero-order valence-corrected chi connectivity index (χ0v) is 11.2. The lowest BCUT2D eigenvalue weighted by molar-refractivity contribution is -0.384. The molecule has 0 aromatic heterocycles. The number of non-ortho nitro benzene ring substituents is 1. The monoisotopic (exact) mass is 269 g/mol. The standard InChI is InChI=1S/C11H15N3O3S/c1-7(2)12-11(18)13-9-5-4-8(14(15)16)6-10(9)17-3/h4-7H,1-3H3,(H2,12,13,18). The highest BCUT2D eigenvalue weighted by atomic mass is 32.1. The molecule has 98 valence electrons. The van der Waals surface area contributed by atoms with Crippen LogP contribution in [-0.4, -0.2) is 23.2 Å². The number of methoxy groups -OCH3 is 1. The lowest BCUT2D eigenvalue weighted by Crippen LogP contribution is -2.33. The molecule has 6 nitrogen and oxygen atoms in total. The van der Waals surface area contributed by atoms with E-state index in [2.05, 4.69) is 10.6 Å². The Balaban J connectivity index is 2.89. The van der Waals surface area contributed by atoms with Crippen molar-refractivity contribution >= 4 is 28.7 Å². The first-order valence-corrected chi connectivity index (χ1v) is 5.74. The second-order valence-corrected chi connectivity index (χ2v) is 4.30. The van der Waals surface area contributed by atoms with Crippen LogP contribution >= 0.6 is 12.2 Å². The molecule has 0 bridgehead atoms. The van der Waals surface area contributed by atoms with Gasteiger partial charge >= 0.3 is 0 Å². The van der Waals surface area contributed by atoms with Crippen molar-refractivity contribution in [3.05, 3.63) is 28.3 Å². The number of nitrogens with zero attached hydrogens (tertiary/aromatic N) is 1. The zero-order chi connectivity index (χ0) is 13.7. The Labute approximate surface area is 110 Å². The van der Waals surface area contributed by atoms with E-state index >= 15 is 0 Å². The summed E-state index contributed by atoms with van der Waals surface area (Å²) in [6, 6.07) is 4.50. The third-order valence-electron chi connectivity index (χ3n) is 2.06. The van der Waals surface area contributed by atoms with Gasteiger partial charge in [-0.05, 0) is 32.1 Å². The van der Waals surface area contributed by atoms with E-state index < -0.39 is 4.92 Å². The Morgan fingerprint density at radius 1 is 1.50 bits per heavy atom. The lowest BCUT2D eigenvalue weighted by atomic mass is 10.2. The fraction of sp³-hybridized carbons (Fsp3) is 0.364. The van der Waals surface area contributed by atoms with Gasteiger partial charge in [-0.3, -0.25) is 10.1 Å². The summed E-state index contributed by atoms with van der Waals surface area (Å²) in [4.78, 5) is 10.2. The maximum atomic E-state index is 10.6. The van der Waals surface area contributed by atoms with Crippen LogP contribution in [0.15, 0.2) is 18.2 Å². The molecule has 0 saturated carbocycles. The molecule has 7 heteroatoms. The van der Waals surface area contributed by atoms with Crippen LogP contribution in [0.1, 0.15) is 13.8 Å². The van der Waals surface area contributed by atoms with Crippen molar-refractivity contribution in [3.63, 3.8) is 0 Å². The quantitative estimate of drug-likeness (QED) is 0.496. The first-order chi connectivity index (χ1) is 8.43. The largest absolute Gasteiger partial charge is 0.494 e. The van der Waals surface area contributed by atoms with E-state index in [9.17, 15) is 10.1 Å². The van der Waals surface area contributed by atoms with Crippen LogP contribution in [0.3, 0.4) is 0 Å². The van der Waals surface area contributed by atoms with E-state index in [1.807, 2.05) is 13.8 Å². The summed E-state index contributed by atoms with van der Waals surface area (Å²) in [6.07, 6.45) is 0. The van der Waals surface area contributed by atoms with Crippen molar-refractivity contribution in [2.75, 3.05) is 12.4 Å². The van der Waals surface area contributed by atoms with Crippen LogP contribution in [-0.2, 0) is 0 Å². The van der Waals surface area contributed by atoms with E-state index in [1.165, 1.54) is 19.2 Å². The molecule has 0 aliphatic heterocycles. The van der Waals surface area contributed by atoms with E-state index in [0.717, 1.165) is 0 Å². The average molecular weight is 269 g/mol. The number of nitro benzene ring substituents is 1. The molecule has 0 aliphatic carbocycles. The van der Waals surface area contributed by atoms with Gasteiger partial charge in [0, 0.05) is 12.1 Å². The number of nitrogens with one attached hydrogen (secondary N) is 2. The maximum absolute atomic E-state index is 10.6.